The minimum absolute atomic E-state index is 0.140. The van der Waals surface area contributed by atoms with Crippen LogP contribution in [0.2, 0.25) is 0 Å². The average molecular weight is 567 g/mol. The average Bonchev–Trinajstić information content (AvgIpc) is 3.26. The third-order valence-corrected chi connectivity index (χ3v) is 6.86. The predicted molar refractivity (Wildman–Crippen MR) is 169 cm³/mol. The van der Waals surface area contributed by atoms with E-state index in [1.807, 2.05) is 51.1 Å². The van der Waals surface area contributed by atoms with Crippen molar-refractivity contribution < 1.29 is 24.2 Å². The molecule has 1 fully saturated rings. The fraction of sp³-hybridized carbons (Fsp3) is 0.556. The third kappa shape index (κ3) is 14.0. The number of cyclic esters (lactones) is 1. The number of hydrogen-bond acceptors (Lipinski definition) is 5. The van der Waals surface area contributed by atoms with Gasteiger partial charge in [0, 0.05) is 12.0 Å². The Labute approximate surface area is 249 Å². The Bertz CT molecular complexity index is 1040. The Morgan fingerprint density at radius 1 is 0.902 bits per heavy atom. The van der Waals surface area contributed by atoms with Gasteiger partial charge in [-0.1, -0.05) is 113 Å². The van der Waals surface area contributed by atoms with E-state index in [0.717, 1.165) is 30.4 Å². The third-order valence-electron chi connectivity index (χ3n) is 6.86. The smallest absolute Gasteiger partial charge is 0.334 e. The van der Waals surface area contributed by atoms with E-state index in [0.29, 0.717) is 23.3 Å². The van der Waals surface area contributed by atoms with E-state index in [9.17, 15) is 14.7 Å². The maximum Gasteiger partial charge on any atom is 0.334 e. The summed E-state index contributed by atoms with van der Waals surface area (Å²) in [6.07, 6.45) is 5.40. The van der Waals surface area contributed by atoms with Gasteiger partial charge in [-0.25, -0.2) is 4.79 Å². The summed E-state index contributed by atoms with van der Waals surface area (Å²) < 4.78 is 10.9. The largest absolute Gasteiger partial charge is 0.461 e. The van der Waals surface area contributed by atoms with Gasteiger partial charge in [-0.15, -0.1) is 0 Å². The lowest BCUT2D eigenvalue weighted by molar-refractivity contribution is -0.165. The molecule has 1 atom stereocenters. The number of rotatable bonds is 11. The molecule has 0 saturated carbocycles. The second-order valence-corrected chi connectivity index (χ2v) is 12.0. The molecule has 0 aromatic heterocycles. The Morgan fingerprint density at radius 2 is 1.37 bits per heavy atom. The first kappa shape index (κ1) is 36.1. The summed E-state index contributed by atoms with van der Waals surface area (Å²) in [5.74, 6) is 0.886. The molecule has 2 aromatic carbocycles. The van der Waals surface area contributed by atoms with Gasteiger partial charge < -0.3 is 14.6 Å². The SMILES string of the molecule is CC.Cc1ccc(C)cc1.Cc1ccc(CC(=O)OC[C@]2(CO)C/C(=C\CC(CC(C)C)CC(C)C)C(=O)O2)cc1. The molecule has 0 spiro atoms. The zero-order valence-electron chi connectivity index (χ0n) is 27.0. The number of allylic oxidation sites excluding steroid dienone is 1. The number of carbonyl (C=O) groups excluding carboxylic acids is 2. The second kappa shape index (κ2) is 18.5. The van der Waals surface area contributed by atoms with Crippen LogP contribution in [0.1, 0.15) is 89.5 Å². The highest BCUT2D eigenvalue weighted by molar-refractivity contribution is 5.91. The molecule has 5 nitrogen and oxygen atoms in total. The van der Waals surface area contributed by atoms with Crippen molar-refractivity contribution in [2.45, 2.75) is 100 Å². The summed E-state index contributed by atoms with van der Waals surface area (Å²) in [6.45, 7) is 18.5. The molecule has 1 aliphatic heterocycles. The lowest BCUT2D eigenvalue weighted by atomic mass is 9.86. The van der Waals surface area contributed by atoms with Gasteiger partial charge in [0.05, 0.1) is 13.0 Å². The first-order valence-electron chi connectivity index (χ1n) is 15.2. The highest BCUT2D eigenvalue weighted by Crippen LogP contribution is 2.33. The highest BCUT2D eigenvalue weighted by Gasteiger charge is 2.44. The first-order valence-corrected chi connectivity index (χ1v) is 15.2. The number of esters is 2. The summed E-state index contributed by atoms with van der Waals surface area (Å²) in [5, 5.41) is 9.90. The van der Waals surface area contributed by atoms with Crippen LogP contribution < -0.4 is 0 Å². The van der Waals surface area contributed by atoms with Crippen LogP contribution in [0.4, 0.5) is 0 Å². The lowest BCUT2D eigenvalue weighted by Gasteiger charge is -2.24. The van der Waals surface area contributed by atoms with Gasteiger partial charge in [0.15, 0.2) is 5.60 Å². The Balaban J connectivity index is 0.000000711. The second-order valence-electron chi connectivity index (χ2n) is 12.0. The number of carbonyl (C=O) groups is 2. The number of aliphatic hydroxyl groups is 1. The number of aliphatic hydroxyl groups excluding tert-OH is 1. The van der Waals surface area contributed by atoms with E-state index in [1.165, 1.54) is 11.1 Å². The summed E-state index contributed by atoms with van der Waals surface area (Å²) in [7, 11) is 0. The molecule has 3 rings (SSSR count). The molecular formula is C36H54O5. The topological polar surface area (TPSA) is 72.8 Å². The summed E-state index contributed by atoms with van der Waals surface area (Å²) in [5.41, 5.74) is 4.03. The van der Waals surface area contributed by atoms with Crippen LogP contribution in [0, 0.1) is 38.5 Å². The van der Waals surface area contributed by atoms with Gasteiger partial charge >= 0.3 is 11.9 Å². The number of aryl methyl sites for hydroxylation is 3. The quantitative estimate of drug-likeness (QED) is 0.220. The van der Waals surface area contributed by atoms with Crippen molar-refractivity contribution in [2.24, 2.45) is 17.8 Å². The van der Waals surface area contributed by atoms with E-state index in [4.69, 9.17) is 9.47 Å². The van der Waals surface area contributed by atoms with E-state index in [1.54, 1.807) is 0 Å². The minimum Gasteiger partial charge on any atom is -0.461 e. The van der Waals surface area contributed by atoms with Crippen molar-refractivity contribution in [3.05, 3.63) is 82.4 Å². The van der Waals surface area contributed by atoms with E-state index >= 15 is 0 Å². The van der Waals surface area contributed by atoms with Crippen LogP contribution >= 0.6 is 0 Å². The van der Waals surface area contributed by atoms with E-state index in [2.05, 4.69) is 65.8 Å². The number of hydrogen-bond donors (Lipinski definition) is 1. The summed E-state index contributed by atoms with van der Waals surface area (Å²) >= 11 is 0. The Hall–Kier alpha value is -2.92. The summed E-state index contributed by atoms with van der Waals surface area (Å²) in [4.78, 5) is 24.7. The zero-order valence-corrected chi connectivity index (χ0v) is 27.0. The van der Waals surface area contributed by atoms with Gasteiger partial charge in [-0.3, -0.25) is 4.79 Å². The van der Waals surface area contributed by atoms with Gasteiger partial charge in [-0.2, -0.15) is 0 Å². The van der Waals surface area contributed by atoms with E-state index in [-0.39, 0.29) is 26.1 Å². The molecule has 228 valence electrons. The maximum absolute atomic E-state index is 12.4. The molecule has 0 radical (unpaired) electrons. The normalized spacial score (nSPS) is 17.2. The van der Waals surface area contributed by atoms with Crippen LogP contribution in [0.15, 0.2) is 60.2 Å². The van der Waals surface area contributed by atoms with Crippen molar-refractivity contribution in [2.75, 3.05) is 13.2 Å². The standard InChI is InChI=1S/C26H38O5.C8H10.C2H6/c1-18(2)12-22(13-19(3)4)10-11-23-15-26(16-27,31-25(23)29)17-30-24(28)14-21-8-6-20(5)7-9-21;1-7-3-5-8(2)6-4-7;1-2/h6-9,11,18-19,22,27H,10,12-17H2,1-5H3;3-6H,1-2H3;1-2H3/b23-11+;;/t26-;;/m1../s1. The summed E-state index contributed by atoms with van der Waals surface area (Å²) in [6, 6.07) is 16.1. The van der Waals surface area contributed by atoms with Crippen molar-refractivity contribution in [3.63, 3.8) is 0 Å². The molecule has 2 aromatic rings. The highest BCUT2D eigenvalue weighted by atomic mass is 16.6. The van der Waals surface area contributed by atoms with Crippen molar-refractivity contribution in [1.29, 1.82) is 0 Å². The Kier molecular flexibility index (Phi) is 16.3. The molecular weight excluding hydrogens is 512 g/mol. The molecule has 5 heteroatoms. The van der Waals surface area contributed by atoms with Crippen LogP contribution in [0.25, 0.3) is 0 Å². The molecule has 1 saturated heterocycles. The number of benzene rings is 2. The zero-order chi connectivity index (χ0) is 31.0. The van der Waals surface area contributed by atoms with Crippen molar-refractivity contribution in [1.82, 2.24) is 0 Å². The maximum atomic E-state index is 12.4. The van der Waals surface area contributed by atoms with Crippen molar-refractivity contribution in [3.8, 4) is 0 Å². The molecule has 1 N–H and O–H groups in total. The molecule has 1 aliphatic rings. The van der Waals surface area contributed by atoms with Gasteiger partial charge in [0.2, 0.25) is 0 Å². The number of ether oxygens (including phenoxy) is 2. The molecule has 0 aliphatic carbocycles. The van der Waals surface area contributed by atoms with Crippen molar-refractivity contribution >= 4 is 11.9 Å². The van der Waals surface area contributed by atoms with Crippen LogP contribution in [-0.2, 0) is 25.5 Å². The lowest BCUT2D eigenvalue weighted by Crippen LogP contribution is -2.39. The monoisotopic (exact) mass is 566 g/mol. The first-order chi connectivity index (χ1) is 19.4. The fourth-order valence-corrected chi connectivity index (χ4v) is 4.79. The molecule has 41 heavy (non-hydrogen) atoms. The molecule has 0 amide bonds. The predicted octanol–water partition coefficient (Wildman–Crippen LogP) is 8.11. The van der Waals surface area contributed by atoms with E-state index < -0.39 is 17.5 Å². The molecule has 1 heterocycles. The van der Waals surface area contributed by atoms with Gasteiger partial charge in [-0.05, 0) is 63.4 Å². The van der Waals surface area contributed by atoms with Crippen LogP contribution in [0.5, 0.6) is 0 Å². The van der Waals surface area contributed by atoms with Crippen LogP contribution in [-0.4, -0.2) is 35.9 Å². The van der Waals surface area contributed by atoms with Crippen LogP contribution in [0.3, 0.4) is 0 Å². The van der Waals surface area contributed by atoms with Gasteiger partial charge in [0.25, 0.3) is 0 Å². The Morgan fingerprint density at radius 3 is 1.80 bits per heavy atom. The van der Waals surface area contributed by atoms with Gasteiger partial charge in [0.1, 0.15) is 6.61 Å². The molecule has 0 bridgehead atoms. The minimum atomic E-state index is -1.18. The molecule has 0 unspecified atom stereocenters. The fourth-order valence-electron chi connectivity index (χ4n) is 4.79.